The Morgan fingerprint density at radius 1 is 1.00 bits per heavy atom. The summed E-state index contributed by atoms with van der Waals surface area (Å²) in [6.45, 7) is 14.8. The van der Waals surface area contributed by atoms with Crippen LogP contribution in [0.4, 0.5) is 0 Å². The van der Waals surface area contributed by atoms with Gasteiger partial charge in [-0.05, 0) is 33.6 Å². The minimum absolute atomic E-state index is 0. The lowest BCUT2D eigenvalue weighted by atomic mass is 10.3. The van der Waals surface area contributed by atoms with Gasteiger partial charge in [-0.3, -0.25) is 9.48 Å². The van der Waals surface area contributed by atoms with E-state index in [-0.39, 0.29) is 29.8 Å². The number of unbranched alkanes of at least 4 members (excludes halogenated alkanes) is 1. The second-order valence-electron chi connectivity index (χ2n) is 5.63. The first kappa shape index (κ1) is 26.6. The molecule has 0 saturated carbocycles. The van der Waals surface area contributed by atoms with Crippen molar-refractivity contribution in [2.75, 3.05) is 46.0 Å². The van der Waals surface area contributed by atoms with Crippen LogP contribution in [0.25, 0.3) is 0 Å². The minimum Gasteiger partial charge on any atom is -1.00 e. The SMILES string of the molecule is CCCCN1C=[N+](CCC[Si](OCC)(OCC)OCC)CC1.[Al].[Cl-]. The Morgan fingerprint density at radius 3 is 2.08 bits per heavy atom. The average molecular weight is 394 g/mol. The molecule has 0 aromatic rings. The summed E-state index contributed by atoms with van der Waals surface area (Å²) in [5.74, 6) is 0. The van der Waals surface area contributed by atoms with E-state index in [0.717, 1.165) is 32.1 Å². The molecule has 1 aliphatic heterocycles. The van der Waals surface area contributed by atoms with Crippen molar-refractivity contribution >= 4 is 32.5 Å². The molecular formula is C16H35AlClN2O3Si. The monoisotopic (exact) mass is 393 g/mol. The van der Waals surface area contributed by atoms with Crippen molar-refractivity contribution in [1.82, 2.24) is 4.90 Å². The zero-order valence-corrected chi connectivity index (χ0v) is 18.8. The van der Waals surface area contributed by atoms with Crippen molar-refractivity contribution < 1.29 is 30.3 Å². The molecule has 0 N–H and O–H groups in total. The molecule has 24 heavy (non-hydrogen) atoms. The van der Waals surface area contributed by atoms with Crippen LogP contribution in [0, 0.1) is 0 Å². The summed E-state index contributed by atoms with van der Waals surface area (Å²) in [7, 11) is -2.46. The van der Waals surface area contributed by atoms with E-state index in [0.29, 0.717) is 19.8 Å². The third kappa shape index (κ3) is 9.76. The standard InChI is InChI=1S/C16H35N2O3Si.Al.ClH/c1-5-9-11-17-13-14-18(16-17)12-10-15-22(19-6-2,20-7-3)21-8-4;;/h16H,5-15H2,1-4H3;;1H/q+1;;/p-1. The number of rotatable bonds is 13. The van der Waals surface area contributed by atoms with Crippen LogP contribution >= 0.6 is 0 Å². The fourth-order valence-electron chi connectivity index (χ4n) is 2.80. The number of nitrogens with zero attached hydrogens (tertiary/aromatic N) is 2. The summed E-state index contributed by atoms with van der Waals surface area (Å²) in [4.78, 5) is 2.43. The number of hydrogen-bond donors (Lipinski definition) is 0. The van der Waals surface area contributed by atoms with Gasteiger partial charge in [0.2, 0.25) is 6.34 Å². The predicted octanol–water partition coefficient (Wildman–Crippen LogP) is -0.795. The summed E-state index contributed by atoms with van der Waals surface area (Å²) < 4.78 is 20.1. The molecule has 0 spiro atoms. The average Bonchev–Trinajstić information content (AvgIpc) is 2.94. The Hall–Kier alpha value is 0.389. The summed E-state index contributed by atoms with van der Waals surface area (Å²) in [5.41, 5.74) is 0. The highest BCUT2D eigenvalue weighted by Crippen LogP contribution is 2.18. The van der Waals surface area contributed by atoms with Gasteiger partial charge in [0.1, 0.15) is 13.1 Å². The molecule has 141 valence electrons. The molecule has 0 bridgehead atoms. The van der Waals surface area contributed by atoms with Gasteiger partial charge in [0.15, 0.2) is 0 Å². The lowest BCUT2D eigenvalue weighted by molar-refractivity contribution is -0.513. The van der Waals surface area contributed by atoms with Crippen LogP contribution in [0.3, 0.4) is 0 Å². The molecule has 0 atom stereocenters. The van der Waals surface area contributed by atoms with E-state index in [9.17, 15) is 0 Å². The Kier molecular flexibility index (Phi) is 17.3. The molecular weight excluding hydrogens is 359 g/mol. The smallest absolute Gasteiger partial charge is 0.501 e. The van der Waals surface area contributed by atoms with E-state index in [1.54, 1.807) is 0 Å². The van der Waals surface area contributed by atoms with Crippen LogP contribution in [0.5, 0.6) is 0 Å². The second-order valence-corrected chi connectivity index (χ2v) is 8.36. The highest BCUT2D eigenvalue weighted by Gasteiger charge is 2.40. The van der Waals surface area contributed by atoms with E-state index in [2.05, 4.69) is 22.7 Å². The van der Waals surface area contributed by atoms with Gasteiger partial charge in [0.05, 0.1) is 13.1 Å². The van der Waals surface area contributed by atoms with Gasteiger partial charge < -0.3 is 25.7 Å². The van der Waals surface area contributed by atoms with Crippen LogP contribution in [-0.2, 0) is 13.3 Å². The highest BCUT2D eigenvalue weighted by molar-refractivity contribution is 6.60. The molecule has 0 aromatic carbocycles. The van der Waals surface area contributed by atoms with Gasteiger partial charge in [-0.25, -0.2) is 0 Å². The van der Waals surface area contributed by atoms with Crippen LogP contribution in [0.2, 0.25) is 6.04 Å². The summed E-state index contributed by atoms with van der Waals surface area (Å²) in [6.07, 6.45) is 5.89. The minimum atomic E-state index is -2.46. The van der Waals surface area contributed by atoms with Crippen molar-refractivity contribution in [3.8, 4) is 0 Å². The summed E-state index contributed by atoms with van der Waals surface area (Å²) >= 11 is 0. The third-order valence-electron chi connectivity index (χ3n) is 3.82. The van der Waals surface area contributed by atoms with Crippen molar-refractivity contribution in [2.45, 2.75) is 53.0 Å². The first-order chi connectivity index (χ1) is 10.7. The molecule has 3 radical (unpaired) electrons. The highest BCUT2D eigenvalue weighted by atomic mass is 35.5. The molecule has 1 rings (SSSR count). The number of halogens is 1. The van der Waals surface area contributed by atoms with E-state index in [1.807, 2.05) is 20.8 Å². The van der Waals surface area contributed by atoms with Crippen molar-refractivity contribution in [3.05, 3.63) is 0 Å². The van der Waals surface area contributed by atoms with Crippen molar-refractivity contribution in [1.29, 1.82) is 0 Å². The lowest BCUT2D eigenvalue weighted by Gasteiger charge is -2.28. The van der Waals surface area contributed by atoms with Crippen LogP contribution in [-0.4, -0.2) is 88.0 Å². The molecule has 0 aliphatic carbocycles. The maximum atomic E-state index is 5.90. The molecule has 0 saturated heterocycles. The lowest BCUT2D eigenvalue weighted by Crippen LogP contribution is -3.00. The second kappa shape index (κ2) is 15.6. The van der Waals surface area contributed by atoms with Gasteiger partial charge in [-0.15, -0.1) is 0 Å². The normalized spacial score (nSPS) is 14.2. The molecule has 0 unspecified atom stereocenters. The predicted molar refractivity (Wildman–Crippen MR) is 98.3 cm³/mol. The Bertz CT molecular complexity index is 321. The van der Waals surface area contributed by atoms with Crippen molar-refractivity contribution in [3.63, 3.8) is 0 Å². The third-order valence-corrected chi connectivity index (χ3v) is 6.97. The Morgan fingerprint density at radius 2 is 1.58 bits per heavy atom. The Balaban J connectivity index is 0. The van der Waals surface area contributed by atoms with Gasteiger partial charge in [-0.2, -0.15) is 0 Å². The molecule has 5 nitrogen and oxygen atoms in total. The summed E-state index contributed by atoms with van der Waals surface area (Å²) in [6, 6.07) is 0.905. The first-order valence-corrected chi connectivity index (χ1v) is 10.9. The fourth-order valence-corrected chi connectivity index (χ4v) is 5.40. The number of hydrogen-bond acceptors (Lipinski definition) is 4. The molecule has 0 amide bonds. The maximum Gasteiger partial charge on any atom is 0.501 e. The quantitative estimate of drug-likeness (QED) is 0.303. The van der Waals surface area contributed by atoms with E-state index >= 15 is 0 Å². The topological polar surface area (TPSA) is 33.9 Å². The zero-order valence-electron chi connectivity index (χ0n) is 15.9. The molecule has 0 aromatic heterocycles. The molecule has 0 fully saturated rings. The van der Waals surface area contributed by atoms with E-state index in [1.165, 1.54) is 19.4 Å². The van der Waals surface area contributed by atoms with E-state index in [4.69, 9.17) is 13.3 Å². The van der Waals surface area contributed by atoms with Crippen LogP contribution in [0.15, 0.2) is 0 Å². The Labute approximate surface area is 166 Å². The largest absolute Gasteiger partial charge is 1.00 e. The molecule has 1 aliphatic rings. The van der Waals surface area contributed by atoms with Gasteiger partial charge in [0.25, 0.3) is 0 Å². The summed E-state index contributed by atoms with van der Waals surface area (Å²) in [5, 5.41) is 0. The van der Waals surface area contributed by atoms with Gasteiger partial charge in [-0.1, -0.05) is 13.3 Å². The van der Waals surface area contributed by atoms with Gasteiger partial charge in [0, 0.05) is 43.2 Å². The maximum absolute atomic E-state index is 5.90. The zero-order chi connectivity index (χ0) is 16.3. The van der Waals surface area contributed by atoms with Crippen LogP contribution in [0.1, 0.15) is 47.0 Å². The first-order valence-electron chi connectivity index (χ1n) is 8.94. The van der Waals surface area contributed by atoms with Gasteiger partial charge >= 0.3 is 8.80 Å². The fraction of sp³-hybridized carbons (Fsp3) is 0.938. The molecule has 8 heteroatoms. The molecule has 1 heterocycles. The van der Waals surface area contributed by atoms with Crippen LogP contribution < -0.4 is 12.4 Å². The van der Waals surface area contributed by atoms with E-state index < -0.39 is 8.80 Å². The van der Waals surface area contributed by atoms with Crippen molar-refractivity contribution in [2.24, 2.45) is 0 Å².